The van der Waals surface area contributed by atoms with Crippen LogP contribution < -0.4 is 14.6 Å². The predicted molar refractivity (Wildman–Crippen MR) is 167 cm³/mol. The van der Waals surface area contributed by atoms with Crippen molar-refractivity contribution in [1.82, 2.24) is 0 Å². The third kappa shape index (κ3) is 6.42. The average molecular weight is 556 g/mol. The fourth-order valence-corrected chi connectivity index (χ4v) is 5.84. The molecule has 0 unspecified atom stereocenters. The molecule has 6 heteroatoms. The molecule has 208 valence electrons. The van der Waals surface area contributed by atoms with Crippen LogP contribution in [0.5, 0.6) is 5.75 Å². The number of rotatable bonds is 9. The lowest BCUT2D eigenvalue weighted by Gasteiger charge is -2.24. The molecule has 1 amide bonds. The van der Waals surface area contributed by atoms with Crippen molar-refractivity contribution in [3.8, 4) is 5.75 Å². The van der Waals surface area contributed by atoms with Gasteiger partial charge in [0.15, 0.2) is 0 Å². The number of hydrogen-bond acceptors (Lipinski definition) is 4. The van der Waals surface area contributed by atoms with Gasteiger partial charge < -0.3 is 9.64 Å². The van der Waals surface area contributed by atoms with E-state index in [0.717, 1.165) is 35.7 Å². The van der Waals surface area contributed by atoms with Crippen LogP contribution in [0.15, 0.2) is 77.4 Å². The Morgan fingerprint density at radius 3 is 2.50 bits per heavy atom. The first-order chi connectivity index (χ1) is 19.4. The molecule has 0 saturated heterocycles. The highest BCUT2D eigenvalue weighted by Gasteiger charge is 2.29. The number of benzene rings is 3. The molecule has 0 radical (unpaired) electrons. The van der Waals surface area contributed by atoms with Gasteiger partial charge >= 0.3 is 0 Å². The number of ether oxygens (including phenoxy) is 1. The molecule has 1 aliphatic heterocycles. The molecule has 0 aromatic heterocycles. The van der Waals surface area contributed by atoms with Crippen LogP contribution in [-0.2, 0) is 4.79 Å². The number of hydrazone groups is 1. The van der Waals surface area contributed by atoms with Gasteiger partial charge in [-0.3, -0.25) is 4.79 Å². The molecule has 40 heavy (non-hydrogen) atoms. The zero-order valence-corrected chi connectivity index (χ0v) is 24.5. The van der Waals surface area contributed by atoms with Gasteiger partial charge in [0, 0.05) is 17.3 Å². The summed E-state index contributed by atoms with van der Waals surface area (Å²) >= 11 is 6.13. The van der Waals surface area contributed by atoms with Crippen molar-refractivity contribution in [2.45, 2.75) is 58.8 Å². The molecule has 1 heterocycles. The maximum atomic E-state index is 13.2. The minimum absolute atomic E-state index is 0.151. The van der Waals surface area contributed by atoms with Gasteiger partial charge in [0.25, 0.3) is 5.91 Å². The molecule has 0 atom stereocenters. The fourth-order valence-electron chi connectivity index (χ4n) is 5.66. The van der Waals surface area contributed by atoms with E-state index in [2.05, 4.69) is 66.3 Å². The summed E-state index contributed by atoms with van der Waals surface area (Å²) in [4.78, 5) is 15.5. The van der Waals surface area contributed by atoms with Gasteiger partial charge in [-0.2, -0.15) is 10.1 Å². The molecule has 3 aromatic carbocycles. The van der Waals surface area contributed by atoms with Crippen LogP contribution in [-0.4, -0.2) is 31.3 Å². The number of nitrogens with zero attached hydrogens (tertiary/aromatic N) is 3. The molecule has 0 N–H and O–H groups in total. The normalized spacial score (nSPS) is 16.9. The Hall–Kier alpha value is -3.57. The summed E-state index contributed by atoms with van der Waals surface area (Å²) in [7, 11) is 0. The second-order valence-electron chi connectivity index (χ2n) is 10.7. The average Bonchev–Trinajstić information content (AvgIpc) is 3.25. The minimum atomic E-state index is -0.151. The summed E-state index contributed by atoms with van der Waals surface area (Å²) in [5.41, 5.74) is 6.63. The number of halogens is 1. The van der Waals surface area contributed by atoms with Crippen molar-refractivity contribution in [1.29, 1.82) is 0 Å². The van der Waals surface area contributed by atoms with Crippen molar-refractivity contribution in [2.75, 3.05) is 29.6 Å². The third-order valence-electron chi connectivity index (χ3n) is 8.00. The van der Waals surface area contributed by atoms with Gasteiger partial charge in [-0.15, -0.1) is 0 Å². The highest BCUT2D eigenvalue weighted by atomic mass is 35.5. The van der Waals surface area contributed by atoms with Gasteiger partial charge in [0.2, 0.25) is 0 Å². The number of carbonyl (C=O) groups is 1. The SMILES string of the molecule is CCN(CCOc1ccc(C2CCCCC2)cc1)c1ccc(/C=C2/C(=O)N(c3cccc(Cl)c3)N=C2C)c(C)c1. The van der Waals surface area contributed by atoms with Gasteiger partial charge in [-0.05, 0) is 105 Å². The minimum Gasteiger partial charge on any atom is -0.492 e. The first-order valence-electron chi connectivity index (χ1n) is 14.4. The Bertz CT molecular complexity index is 1410. The summed E-state index contributed by atoms with van der Waals surface area (Å²) in [5.74, 6) is 1.49. The van der Waals surface area contributed by atoms with Crippen LogP contribution in [0.4, 0.5) is 11.4 Å². The molecule has 2 aliphatic rings. The van der Waals surface area contributed by atoms with E-state index in [1.807, 2.05) is 25.1 Å². The van der Waals surface area contributed by atoms with Crippen LogP contribution in [0.3, 0.4) is 0 Å². The van der Waals surface area contributed by atoms with E-state index >= 15 is 0 Å². The Morgan fingerprint density at radius 2 is 1.80 bits per heavy atom. The summed E-state index contributed by atoms with van der Waals surface area (Å²) in [6.45, 7) is 8.38. The van der Waals surface area contributed by atoms with E-state index in [-0.39, 0.29) is 5.91 Å². The van der Waals surface area contributed by atoms with Crippen molar-refractivity contribution < 1.29 is 9.53 Å². The van der Waals surface area contributed by atoms with Crippen LogP contribution in [0.2, 0.25) is 5.02 Å². The number of anilines is 2. The zero-order valence-electron chi connectivity index (χ0n) is 23.7. The van der Waals surface area contributed by atoms with Crippen LogP contribution >= 0.6 is 11.6 Å². The Balaban J connectivity index is 1.21. The first kappa shape index (κ1) is 28.0. The molecular formula is C34H38ClN3O2. The highest BCUT2D eigenvalue weighted by Crippen LogP contribution is 2.33. The molecule has 1 fully saturated rings. The molecule has 0 spiro atoms. The molecule has 1 aliphatic carbocycles. The summed E-state index contributed by atoms with van der Waals surface area (Å²) in [6, 6.07) is 22.3. The number of carbonyl (C=O) groups excluding carboxylic acids is 1. The Kier molecular flexibility index (Phi) is 8.91. The van der Waals surface area contributed by atoms with Crippen molar-refractivity contribution in [3.05, 3.63) is 94.0 Å². The third-order valence-corrected chi connectivity index (χ3v) is 8.24. The quantitative estimate of drug-likeness (QED) is 0.249. The molecule has 5 rings (SSSR count). The Labute approximate surface area is 243 Å². The molecule has 0 bridgehead atoms. The number of hydrogen-bond donors (Lipinski definition) is 0. The monoisotopic (exact) mass is 555 g/mol. The molecule has 1 saturated carbocycles. The highest BCUT2D eigenvalue weighted by molar-refractivity contribution is 6.33. The molecule has 5 nitrogen and oxygen atoms in total. The smallest absolute Gasteiger partial charge is 0.280 e. The van der Waals surface area contributed by atoms with Crippen molar-refractivity contribution in [2.24, 2.45) is 5.10 Å². The van der Waals surface area contributed by atoms with Gasteiger partial charge in [-0.25, -0.2) is 0 Å². The lowest BCUT2D eigenvalue weighted by Crippen LogP contribution is -2.28. The van der Waals surface area contributed by atoms with Gasteiger partial charge in [-0.1, -0.05) is 55.1 Å². The standard InChI is InChI=1S/C34H38ClN3O2/c1-4-37(19-20-40-32-17-14-27(15-18-32)26-9-6-5-7-10-26)30-16-13-28(24(2)21-30)22-33-25(3)36-38(34(33)39)31-12-8-11-29(35)23-31/h8,11-18,21-23,26H,4-7,9-10,19-20H2,1-3H3/b33-22+. The molecule has 3 aromatic rings. The summed E-state index contributed by atoms with van der Waals surface area (Å²) in [5, 5.41) is 6.47. The second-order valence-corrected chi connectivity index (χ2v) is 11.1. The lowest BCUT2D eigenvalue weighted by atomic mass is 9.84. The molecular weight excluding hydrogens is 518 g/mol. The van der Waals surface area contributed by atoms with Gasteiger partial charge in [0.1, 0.15) is 12.4 Å². The largest absolute Gasteiger partial charge is 0.492 e. The topological polar surface area (TPSA) is 45.1 Å². The van der Waals surface area contributed by atoms with Crippen LogP contribution in [0.25, 0.3) is 6.08 Å². The van der Waals surface area contributed by atoms with Crippen LogP contribution in [0.1, 0.15) is 68.6 Å². The van der Waals surface area contributed by atoms with Crippen LogP contribution in [0, 0.1) is 6.92 Å². The fraction of sp³-hybridized carbons (Fsp3) is 0.353. The van der Waals surface area contributed by atoms with Gasteiger partial charge in [0.05, 0.1) is 23.5 Å². The predicted octanol–water partition coefficient (Wildman–Crippen LogP) is 8.41. The van der Waals surface area contributed by atoms with Crippen molar-refractivity contribution >= 4 is 40.7 Å². The number of aryl methyl sites for hydroxylation is 1. The van der Waals surface area contributed by atoms with E-state index in [1.54, 1.807) is 12.1 Å². The lowest BCUT2D eigenvalue weighted by molar-refractivity contribution is -0.114. The number of likely N-dealkylation sites (N-methyl/N-ethyl adjacent to an activating group) is 1. The van der Waals surface area contributed by atoms with E-state index in [9.17, 15) is 4.79 Å². The Morgan fingerprint density at radius 1 is 1.02 bits per heavy atom. The van der Waals surface area contributed by atoms with E-state index in [0.29, 0.717) is 34.5 Å². The van der Waals surface area contributed by atoms with Crippen molar-refractivity contribution in [3.63, 3.8) is 0 Å². The van der Waals surface area contributed by atoms with E-state index in [1.165, 1.54) is 42.7 Å². The second kappa shape index (κ2) is 12.7. The van der Waals surface area contributed by atoms with E-state index in [4.69, 9.17) is 16.3 Å². The zero-order chi connectivity index (χ0) is 28.1. The van der Waals surface area contributed by atoms with E-state index < -0.39 is 0 Å². The first-order valence-corrected chi connectivity index (χ1v) is 14.8. The summed E-state index contributed by atoms with van der Waals surface area (Å²) < 4.78 is 6.11. The maximum Gasteiger partial charge on any atom is 0.280 e. The maximum absolute atomic E-state index is 13.2. The summed E-state index contributed by atoms with van der Waals surface area (Å²) in [6.07, 6.45) is 8.63. The number of amides is 1.